The van der Waals surface area contributed by atoms with E-state index in [2.05, 4.69) is 5.32 Å². The van der Waals surface area contributed by atoms with Crippen molar-refractivity contribution < 1.29 is 18.0 Å². The van der Waals surface area contributed by atoms with Crippen molar-refractivity contribution in [2.45, 2.75) is 12.5 Å². The highest BCUT2D eigenvalue weighted by Crippen LogP contribution is 1.94. The molecule has 8 heteroatoms. The maximum atomic E-state index is 11.4. The largest absolute Gasteiger partial charge is 0.347 e. The number of nitrogens with one attached hydrogen (secondary N) is 1. The first kappa shape index (κ1) is 15.9. The normalized spacial score (nSPS) is 12.9. The Morgan fingerprint density at radius 1 is 1.35 bits per heavy atom. The van der Waals surface area contributed by atoms with Crippen LogP contribution in [0.1, 0.15) is 6.42 Å². The van der Waals surface area contributed by atoms with Gasteiger partial charge in [0.1, 0.15) is 9.84 Å². The van der Waals surface area contributed by atoms with E-state index >= 15 is 0 Å². The molecular weight excluding hydrogens is 246 g/mol. The van der Waals surface area contributed by atoms with E-state index in [-0.39, 0.29) is 24.6 Å². The first-order valence-electron chi connectivity index (χ1n) is 5.04. The number of nitrogens with two attached hydrogens (primary N) is 1. The van der Waals surface area contributed by atoms with Gasteiger partial charge in [-0.05, 0) is 6.42 Å². The Labute approximate surface area is 101 Å². The highest BCUT2D eigenvalue weighted by Gasteiger charge is 2.16. The molecule has 100 valence electrons. The first-order chi connectivity index (χ1) is 7.63. The Kier molecular flexibility index (Phi) is 6.11. The summed E-state index contributed by atoms with van der Waals surface area (Å²) in [5.41, 5.74) is 5.49. The number of carbonyl (C=O) groups excluding carboxylic acids is 2. The van der Waals surface area contributed by atoms with E-state index in [1.807, 2.05) is 0 Å². The van der Waals surface area contributed by atoms with E-state index in [0.717, 1.165) is 6.26 Å². The predicted molar refractivity (Wildman–Crippen MR) is 64.0 cm³/mol. The standard InChI is InChI=1S/C9H19N3O4S/c1-12(2)8(13)6-11-9(14)7(10)4-5-17(3,15)16/h7H,4-6,10H2,1-3H3,(H,11,14). The molecule has 0 aliphatic heterocycles. The van der Waals surface area contributed by atoms with Crippen LogP contribution >= 0.6 is 0 Å². The minimum absolute atomic E-state index is 0.0425. The average Bonchev–Trinajstić information content (AvgIpc) is 2.20. The zero-order valence-corrected chi connectivity index (χ0v) is 11.1. The van der Waals surface area contributed by atoms with Gasteiger partial charge in [0, 0.05) is 20.4 Å². The monoisotopic (exact) mass is 265 g/mol. The van der Waals surface area contributed by atoms with E-state index in [4.69, 9.17) is 5.73 Å². The van der Waals surface area contributed by atoms with Crippen LogP contribution in [-0.2, 0) is 19.4 Å². The number of sulfone groups is 1. The summed E-state index contributed by atoms with van der Waals surface area (Å²) in [6, 6.07) is -0.917. The number of hydrogen-bond donors (Lipinski definition) is 2. The Morgan fingerprint density at radius 2 is 1.88 bits per heavy atom. The fourth-order valence-corrected chi connectivity index (χ4v) is 1.61. The lowest BCUT2D eigenvalue weighted by Gasteiger charge is -2.14. The van der Waals surface area contributed by atoms with Gasteiger partial charge in [-0.25, -0.2) is 8.42 Å². The number of nitrogens with zero attached hydrogens (tertiary/aromatic N) is 1. The molecule has 0 spiro atoms. The fourth-order valence-electron chi connectivity index (χ4n) is 0.924. The maximum absolute atomic E-state index is 11.4. The van der Waals surface area contributed by atoms with Gasteiger partial charge in [0.25, 0.3) is 0 Å². The number of likely N-dealkylation sites (N-methyl/N-ethyl adjacent to an activating group) is 1. The summed E-state index contributed by atoms with van der Waals surface area (Å²) in [6.07, 6.45) is 1.12. The summed E-state index contributed by atoms with van der Waals surface area (Å²) >= 11 is 0. The third-order valence-electron chi connectivity index (χ3n) is 2.05. The lowest BCUT2D eigenvalue weighted by atomic mass is 10.2. The molecule has 0 radical (unpaired) electrons. The maximum Gasteiger partial charge on any atom is 0.241 e. The van der Waals surface area contributed by atoms with Crippen molar-refractivity contribution in [3.05, 3.63) is 0 Å². The molecule has 7 nitrogen and oxygen atoms in total. The van der Waals surface area contributed by atoms with Crippen molar-refractivity contribution in [3.8, 4) is 0 Å². The molecule has 17 heavy (non-hydrogen) atoms. The summed E-state index contributed by atoms with van der Waals surface area (Å²) in [7, 11) is 0.00248. The van der Waals surface area contributed by atoms with Gasteiger partial charge in [-0.2, -0.15) is 0 Å². The molecule has 0 heterocycles. The summed E-state index contributed by atoms with van der Waals surface area (Å²) in [4.78, 5) is 23.9. The van der Waals surface area contributed by atoms with Gasteiger partial charge in [0.05, 0.1) is 18.3 Å². The Hall–Kier alpha value is -1.15. The predicted octanol–water partition coefficient (Wildman–Crippen LogP) is -2.05. The zero-order chi connectivity index (χ0) is 13.6. The fraction of sp³-hybridized carbons (Fsp3) is 0.778. The smallest absolute Gasteiger partial charge is 0.241 e. The van der Waals surface area contributed by atoms with Crippen molar-refractivity contribution >= 4 is 21.7 Å². The van der Waals surface area contributed by atoms with Crippen molar-refractivity contribution in [1.82, 2.24) is 10.2 Å². The summed E-state index contributed by atoms with van der Waals surface area (Å²) in [6.45, 7) is -0.140. The van der Waals surface area contributed by atoms with E-state index < -0.39 is 21.8 Å². The van der Waals surface area contributed by atoms with Crippen LogP contribution in [0.2, 0.25) is 0 Å². The molecular formula is C9H19N3O4S. The molecule has 1 unspecified atom stereocenters. The number of amides is 2. The van der Waals surface area contributed by atoms with Crippen LogP contribution in [0.4, 0.5) is 0 Å². The van der Waals surface area contributed by atoms with Crippen molar-refractivity contribution in [2.75, 3.05) is 32.6 Å². The van der Waals surface area contributed by atoms with Crippen molar-refractivity contribution in [2.24, 2.45) is 5.73 Å². The minimum atomic E-state index is -3.13. The van der Waals surface area contributed by atoms with E-state index in [0.29, 0.717) is 0 Å². The third kappa shape index (κ3) is 7.70. The molecule has 0 saturated carbocycles. The van der Waals surface area contributed by atoms with Crippen LogP contribution in [-0.4, -0.2) is 63.8 Å². The van der Waals surface area contributed by atoms with Gasteiger partial charge < -0.3 is 16.0 Å². The highest BCUT2D eigenvalue weighted by atomic mass is 32.2. The van der Waals surface area contributed by atoms with Crippen LogP contribution in [0, 0.1) is 0 Å². The van der Waals surface area contributed by atoms with Gasteiger partial charge >= 0.3 is 0 Å². The topological polar surface area (TPSA) is 110 Å². The molecule has 0 saturated heterocycles. The summed E-state index contributed by atoms with van der Waals surface area (Å²) < 4.78 is 21.7. The van der Waals surface area contributed by atoms with Crippen LogP contribution in [0.25, 0.3) is 0 Å². The van der Waals surface area contributed by atoms with Gasteiger partial charge in [-0.15, -0.1) is 0 Å². The molecule has 2 amide bonds. The number of hydrogen-bond acceptors (Lipinski definition) is 5. The van der Waals surface area contributed by atoms with Crippen molar-refractivity contribution in [3.63, 3.8) is 0 Å². The molecule has 0 aliphatic carbocycles. The Morgan fingerprint density at radius 3 is 2.29 bits per heavy atom. The zero-order valence-electron chi connectivity index (χ0n) is 10.3. The van der Waals surface area contributed by atoms with E-state index in [1.54, 1.807) is 14.1 Å². The summed E-state index contributed by atoms with van der Waals surface area (Å²) in [5.74, 6) is -0.930. The lowest BCUT2D eigenvalue weighted by Crippen LogP contribution is -2.45. The molecule has 0 aromatic rings. The molecule has 0 aromatic carbocycles. The molecule has 0 fully saturated rings. The molecule has 0 rings (SSSR count). The molecule has 3 N–H and O–H groups in total. The molecule has 0 aromatic heterocycles. The van der Waals surface area contributed by atoms with Crippen LogP contribution in [0.5, 0.6) is 0 Å². The summed E-state index contributed by atoms with van der Waals surface area (Å²) in [5, 5.41) is 2.35. The van der Waals surface area contributed by atoms with E-state index in [9.17, 15) is 18.0 Å². The molecule has 1 atom stereocenters. The minimum Gasteiger partial charge on any atom is -0.347 e. The lowest BCUT2D eigenvalue weighted by molar-refractivity contribution is -0.131. The van der Waals surface area contributed by atoms with Gasteiger partial charge in [-0.3, -0.25) is 9.59 Å². The van der Waals surface area contributed by atoms with Gasteiger partial charge in [-0.1, -0.05) is 0 Å². The van der Waals surface area contributed by atoms with Crippen LogP contribution in [0.3, 0.4) is 0 Å². The van der Waals surface area contributed by atoms with Gasteiger partial charge in [0.2, 0.25) is 11.8 Å². The number of carbonyl (C=O) groups is 2. The third-order valence-corrected chi connectivity index (χ3v) is 3.03. The Balaban J connectivity index is 4.03. The second-order valence-electron chi connectivity index (χ2n) is 4.03. The van der Waals surface area contributed by atoms with Crippen molar-refractivity contribution in [1.29, 1.82) is 0 Å². The van der Waals surface area contributed by atoms with E-state index in [1.165, 1.54) is 4.90 Å². The highest BCUT2D eigenvalue weighted by molar-refractivity contribution is 7.90. The quantitative estimate of drug-likeness (QED) is 0.574. The van der Waals surface area contributed by atoms with Crippen LogP contribution < -0.4 is 11.1 Å². The number of rotatable bonds is 6. The molecule has 0 aliphatic rings. The molecule has 0 bridgehead atoms. The average molecular weight is 265 g/mol. The van der Waals surface area contributed by atoms with Gasteiger partial charge in [0.15, 0.2) is 0 Å². The second-order valence-corrected chi connectivity index (χ2v) is 6.29. The first-order valence-corrected chi connectivity index (χ1v) is 7.10. The van der Waals surface area contributed by atoms with Crippen LogP contribution in [0.15, 0.2) is 0 Å². The second kappa shape index (κ2) is 6.55. The Bertz CT molecular complexity index is 378. The SMILES string of the molecule is CN(C)C(=O)CNC(=O)C(N)CCS(C)(=O)=O.